The minimum absolute atomic E-state index is 0.0980. The first kappa shape index (κ1) is 15.3. The maximum Gasteiger partial charge on any atom is 0.129 e. The SMILES string of the molecule is CCNCc1c(F)cccc1N(C)C1CCCC(C)C1. The van der Waals surface area contributed by atoms with Crippen LogP contribution in [0.5, 0.6) is 0 Å². The molecule has 0 aliphatic heterocycles. The number of nitrogens with zero attached hydrogens (tertiary/aromatic N) is 1. The van der Waals surface area contributed by atoms with Gasteiger partial charge in [-0.3, -0.25) is 0 Å². The number of hydrogen-bond acceptors (Lipinski definition) is 2. The second-order valence-electron chi connectivity index (χ2n) is 6.05. The van der Waals surface area contributed by atoms with Gasteiger partial charge in [0.1, 0.15) is 5.82 Å². The highest BCUT2D eigenvalue weighted by Gasteiger charge is 2.24. The lowest BCUT2D eigenvalue weighted by molar-refractivity contribution is 0.336. The molecule has 20 heavy (non-hydrogen) atoms. The van der Waals surface area contributed by atoms with Crippen molar-refractivity contribution in [2.75, 3.05) is 18.5 Å². The summed E-state index contributed by atoms with van der Waals surface area (Å²) in [5, 5.41) is 3.25. The lowest BCUT2D eigenvalue weighted by Crippen LogP contribution is -2.36. The van der Waals surface area contributed by atoms with Crippen LogP contribution >= 0.6 is 0 Å². The molecule has 2 unspecified atom stereocenters. The van der Waals surface area contributed by atoms with Crippen molar-refractivity contribution < 1.29 is 4.39 Å². The lowest BCUT2D eigenvalue weighted by Gasteiger charge is -2.36. The summed E-state index contributed by atoms with van der Waals surface area (Å²) in [6.45, 7) is 5.83. The van der Waals surface area contributed by atoms with E-state index in [2.05, 4.69) is 30.3 Å². The van der Waals surface area contributed by atoms with E-state index in [0.717, 1.165) is 23.7 Å². The fraction of sp³-hybridized carbons (Fsp3) is 0.647. The highest BCUT2D eigenvalue weighted by Crippen LogP contribution is 2.31. The molecule has 0 aromatic heterocycles. The molecule has 1 saturated carbocycles. The van der Waals surface area contributed by atoms with Crippen LogP contribution in [0.1, 0.15) is 45.1 Å². The summed E-state index contributed by atoms with van der Waals surface area (Å²) in [6, 6.07) is 5.98. The zero-order valence-electron chi connectivity index (χ0n) is 13.0. The van der Waals surface area contributed by atoms with Crippen LogP contribution in [-0.4, -0.2) is 19.6 Å². The van der Waals surface area contributed by atoms with Crippen molar-refractivity contribution in [3.8, 4) is 0 Å². The van der Waals surface area contributed by atoms with Crippen LogP contribution in [0.15, 0.2) is 18.2 Å². The van der Waals surface area contributed by atoms with Gasteiger partial charge in [-0.05, 0) is 37.4 Å². The monoisotopic (exact) mass is 278 g/mol. The second-order valence-corrected chi connectivity index (χ2v) is 6.05. The van der Waals surface area contributed by atoms with Crippen LogP contribution in [0.4, 0.5) is 10.1 Å². The van der Waals surface area contributed by atoms with Crippen molar-refractivity contribution in [2.24, 2.45) is 5.92 Å². The molecule has 112 valence electrons. The van der Waals surface area contributed by atoms with Crippen LogP contribution < -0.4 is 10.2 Å². The van der Waals surface area contributed by atoms with E-state index < -0.39 is 0 Å². The average molecular weight is 278 g/mol. The van der Waals surface area contributed by atoms with E-state index in [9.17, 15) is 4.39 Å². The molecule has 1 fully saturated rings. The number of nitrogens with one attached hydrogen (secondary N) is 1. The van der Waals surface area contributed by atoms with Crippen LogP contribution in [0.3, 0.4) is 0 Å². The second kappa shape index (κ2) is 7.07. The van der Waals surface area contributed by atoms with Crippen molar-refractivity contribution in [2.45, 2.75) is 52.1 Å². The van der Waals surface area contributed by atoms with Gasteiger partial charge >= 0.3 is 0 Å². The summed E-state index contributed by atoms with van der Waals surface area (Å²) in [5.74, 6) is 0.682. The van der Waals surface area contributed by atoms with Gasteiger partial charge < -0.3 is 10.2 Å². The topological polar surface area (TPSA) is 15.3 Å². The van der Waals surface area contributed by atoms with Crippen molar-refractivity contribution in [1.29, 1.82) is 0 Å². The quantitative estimate of drug-likeness (QED) is 0.877. The van der Waals surface area contributed by atoms with Gasteiger partial charge in [0, 0.05) is 30.9 Å². The van der Waals surface area contributed by atoms with E-state index >= 15 is 0 Å². The predicted octanol–water partition coefficient (Wildman–Crippen LogP) is 3.95. The first-order valence-electron chi connectivity index (χ1n) is 7.84. The first-order chi connectivity index (χ1) is 9.63. The maximum atomic E-state index is 14.1. The Morgan fingerprint density at radius 3 is 2.85 bits per heavy atom. The third-order valence-corrected chi connectivity index (χ3v) is 4.48. The third kappa shape index (κ3) is 3.51. The molecule has 0 spiro atoms. The largest absolute Gasteiger partial charge is 0.371 e. The fourth-order valence-electron chi connectivity index (χ4n) is 3.25. The van der Waals surface area contributed by atoms with Gasteiger partial charge in [-0.1, -0.05) is 32.8 Å². The molecule has 0 amide bonds. The molecule has 1 aliphatic rings. The van der Waals surface area contributed by atoms with Crippen molar-refractivity contribution in [1.82, 2.24) is 5.32 Å². The molecule has 1 aromatic carbocycles. The van der Waals surface area contributed by atoms with Gasteiger partial charge in [0.05, 0.1) is 0 Å². The molecule has 0 bridgehead atoms. The molecule has 2 rings (SSSR count). The summed E-state index contributed by atoms with van der Waals surface area (Å²) in [7, 11) is 2.12. The Balaban J connectivity index is 2.19. The Morgan fingerprint density at radius 2 is 2.15 bits per heavy atom. The Bertz CT molecular complexity index is 433. The molecule has 0 heterocycles. The molecular formula is C17H27FN2. The van der Waals surface area contributed by atoms with E-state index in [1.807, 2.05) is 13.0 Å². The zero-order chi connectivity index (χ0) is 14.5. The molecule has 1 aromatic rings. The highest BCUT2D eigenvalue weighted by atomic mass is 19.1. The normalized spacial score (nSPS) is 22.8. The first-order valence-corrected chi connectivity index (χ1v) is 7.84. The van der Waals surface area contributed by atoms with Crippen molar-refractivity contribution in [3.05, 3.63) is 29.6 Å². The Morgan fingerprint density at radius 1 is 1.35 bits per heavy atom. The summed E-state index contributed by atoms with van der Waals surface area (Å²) in [4.78, 5) is 2.30. The smallest absolute Gasteiger partial charge is 0.129 e. The molecule has 2 nitrogen and oxygen atoms in total. The zero-order valence-corrected chi connectivity index (χ0v) is 13.0. The Labute approximate surface area is 122 Å². The number of hydrogen-bond donors (Lipinski definition) is 1. The number of halogens is 1. The maximum absolute atomic E-state index is 14.1. The predicted molar refractivity (Wildman–Crippen MR) is 83.6 cm³/mol. The van der Waals surface area contributed by atoms with Gasteiger partial charge in [0.15, 0.2) is 0 Å². The summed E-state index contributed by atoms with van der Waals surface area (Å²) in [5.41, 5.74) is 1.85. The Kier molecular flexibility index (Phi) is 5.41. The van der Waals surface area contributed by atoms with E-state index in [-0.39, 0.29) is 5.82 Å². The van der Waals surface area contributed by atoms with Crippen LogP contribution in [-0.2, 0) is 6.54 Å². The molecule has 0 radical (unpaired) electrons. The molecule has 1 N–H and O–H groups in total. The molecule has 2 atom stereocenters. The molecular weight excluding hydrogens is 251 g/mol. The van der Waals surface area contributed by atoms with E-state index in [0.29, 0.717) is 12.6 Å². The van der Waals surface area contributed by atoms with Crippen LogP contribution in [0.2, 0.25) is 0 Å². The van der Waals surface area contributed by atoms with Gasteiger partial charge in [0.25, 0.3) is 0 Å². The van der Waals surface area contributed by atoms with E-state index in [4.69, 9.17) is 0 Å². The van der Waals surface area contributed by atoms with Gasteiger partial charge in [0.2, 0.25) is 0 Å². The molecule has 1 aliphatic carbocycles. The lowest BCUT2D eigenvalue weighted by atomic mass is 9.86. The fourth-order valence-corrected chi connectivity index (χ4v) is 3.25. The summed E-state index contributed by atoms with van der Waals surface area (Å²) >= 11 is 0. The van der Waals surface area contributed by atoms with Crippen LogP contribution in [0.25, 0.3) is 0 Å². The Hall–Kier alpha value is -1.09. The minimum Gasteiger partial charge on any atom is -0.371 e. The number of anilines is 1. The standard InChI is InChI=1S/C17H27FN2/c1-4-19-12-15-16(18)9-6-10-17(15)20(3)14-8-5-7-13(2)11-14/h6,9-10,13-14,19H,4-5,7-8,11-12H2,1-3H3. The third-order valence-electron chi connectivity index (χ3n) is 4.48. The van der Waals surface area contributed by atoms with E-state index in [1.54, 1.807) is 6.07 Å². The highest BCUT2D eigenvalue weighted by molar-refractivity contribution is 5.54. The minimum atomic E-state index is -0.0980. The van der Waals surface area contributed by atoms with Gasteiger partial charge in [-0.15, -0.1) is 0 Å². The molecule has 3 heteroatoms. The summed E-state index contributed by atoms with van der Waals surface area (Å²) in [6.07, 6.45) is 5.05. The number of benzene rings is 1. The van der Waals surface area contributed by atoms with Crippen molar-refractivity contribution in [3.63, 3.8) is 0 Å². The van der Waals surface area contributed by atoms with Crippen LogP contribution in [0, 0.1) is 11.7 Å². The van der Waals surface area contributed by atoms with E-state index in [1.165, 1.54) is 25.7 Å². The number of rotatable bonds is 5. The molecule has 0 saturated heterocycles. The van der Waals surface area contributed by atoms with Gasteiger partial charge in [-0.25, -0.2) is 4.39 Å². The summed E-state index contributed by atoms with van der Waals surface area (Å²) < 4.78 is 14.1. The average Bonchev–Trinajstić information content (AvgIpc) is 2.45. The van der Waals surface area contributed by atoms with Gasteiger partial charge in [-0.2, -0.15) is 0 Å². The van der Waals surface area contributed by atoms with Crippen molar-refractivity contribution >= 4 is 5.69 Å².